The molecule has 126 valence electrons. The summed E-state index contributed by atoms with van der Waals surface area (Å²) in [7, 11) is -3.72. The molecule has 1 fully saturated rings. The fraction of sp³-hybridized carbons (Fsp3) is 0.500. The Kier molecular flexibility index (Phi) is 4.96. The molecule has 2 aromatic rings. The average molecular weight is 398 g/mol. The van der Waals surface area contributed by atoms with Gasteiger partial charge in [0.05, 0.1) is 10.4 Å². The second kappa shape index (κ2) is 6.66. The highest BCUT2D eigenvalue weighted by Crippen LogP contribution is 2.35. The minimum absolute atomic E-state index is 0.0174. The molecule has 0 saturated carbocycles. The highest BCUT2D eigenvalue weighted by Gasteiger charge is 2.31. The number of nitrogens with one attached hydrogen (secondary N) is 1. The number of halogens is 2. The largest absolute Gasteiger partial charge is 0.364 e. The van der Waals surface area contributed by atoms with Crippen LogP contribution in [0.4, 0.5) is 0 Å². The van der Waals surface area contributed by atoms with Crippen LogP contribution in [0.15, 0.2) is 15.5 Å². The summed E-state index contributed by atoms with van der Waals surface area (Å²) in [5.74, 6) is 0.956. The molecule has 0 unspecified atom stereocenters. The molecule has 11 heteroatoms. The predicted molar refractivity (Wildman–Crippen MR) is 85.4 cm³/mol. The number of hydrogen-bond acceptors (Lipinski definition) is 7. The summed E-state index contributed by atoms with van der Waals surface area (Å²) in [5.41, 5.74) is 0. The molecule has 2 aromatic heterocycles. The quantitative estimate of drug-likeness (QED) is 0.832. The molecule has 1 aliphatic heterocycles. The second-order valence-corrected chi connectivity index (χ2v) is 9.07. The van der Waals surface area contributed by atoms with Gasteiger partial charge in [-0.15, -0.1) is 11.3 Å². The van der Waals surface area contributed by atoms with Crippen molar-refractivity contribution < 1.29 is 17.7 Å². The monoisotopic (exact) mass is 397 g/mol. The van der Waals surface area contributed by atoms with E-state index < -0.39 is 10.0 Å². The summed E-state index contributed by atoms with van der Waals surface area (Å²) in [6.07, 6.45) is 0.811. The van der Waals surface area contributed by atoms with Crippen LogP contribution >= 0.6 is 34.5 Å². The first-order valence-electron chi connectivity index (χ1n) is 6.75. The standard InChI is InChI=1S/C12H13Cl2N3O4S2/c1-6-16-12(21-17-6)8-3-2-7(20-8)5-15-23(18,19)9-4-10(13)22-11(9)14/h4,7-8,15H,2-3,5H2,1H3/t7-,8+/m1/s1. The van der Waals surface area contributed by atoms with Gasteiger partial charge in [0.15, 0.2) is 5.82 Å². The SMILES string of the molecule is Cc1noc([C@@H]2CC[C@H](CNS(=O)(=O)c3cc(Cl)sc3Cl)O2)n1. The zero-order valence-electron chi connectivity index (χ0n) is 12.0. The molecular formula is C12H13Cl2N3O4S2. The molecule has 0 bridgehead atoms. The number of ether oxygens (including phenoxy) is 1. The molecule has 0 amide bonds. The van der Waals surface area contributed by atoms with Gasteiger partial charge in [0.1, 0.15) is 15.3 Å². The maximum atomic E-state index is 12.2. The predicted octanol–water partition coefficient (Wildman–Crippen LogP) is 2.94. The summed E-state index contributed by atoms with van der Waals surface area (Å²) >= 11 is 12.7. The molecule has 1 saturated heterocycles. The topological polar surface area (TPSA) is 94.3 Å². The minimum atomic E-state index is -3.72. The molecule has 0 spiro atoms. The summed E-state index contributed by atoms with van der Waals surface area (Å²) in [4.78, 5) is 4.11. The summed E-state index contributed by atoms with van der Waals surface area (Å²) in [6, 6.07) is 1.33. The lowest BCUT2D eigenvalue weighted by molar-refractivity contribution is 0.0290. The van der Waals surface area contributed by atoms with Crippen molar-refractivity contribution in [2.45, 2.75) is 36.9 Å². The normalized spacial score (nSPS) is 21.9. The second-order valence-electron chi connectivity index (χ2n) is 5.04. The third kappa shape index (κ3) is 3.86. The van der Waals surface area contributed by atoms with Crippen molar-refractivity contribution >= 4 is 44.6 Å². The third-order valence-electron chi connectivity index (χ3n) is 3.34. The Bertz CT molecular complexity index is 805. The van der Waals surface area contributed by atoms with Crippen LogP contribution in [0.1, 0.15) is 30.7 Å². The van der Waals surface area contributed by atoms with Crippen molar-refractivity contribution in [2.75, 3.05) is 6.54 Å². The number of sulfonamides is 1. The van der Waals surface area contributed by atoms with Gasteiger partial charge < -0.3 is 9.26 Å². The zero-order chi connectivity index (χ0) is 16.6. The van der Waals surface area contributed by atoms with Crippen LogP contribution in [-0.2, 0) is 14.8 Å². The molecule has 23 heavy (non-hydrogen) atoms. The Morgan fingerprint density at radius 2 is 2.22 bits per heavy atom. The molecular weight excluding hydrogens is 385 g/mol. The van der Waals surface area contributed by atoms with E-state index in [0.717, 1.165) is 11.3 Å². The molecule has 2 atom stereocenters. The Labute approximate surface area is 147 Å². The lowest BCUT2D eigenvalue weighted by Crippen LogP contribution is -2.31. The molecule has 0 aliphatic carbocycles. The lowest BCUT2D eigenvalue weighted by atomic mass is 10.2. The first-order chi connectivity index (χ1) is 10.8. The number of nitrogens with zero attached hydrogens (tertiary/aromatic N) is 2. The Hall–Kier alpha value is -0.710. The van der Waals surface area contributed by atoms with Crippen LogP contribution in [0, 0.1) is 6.92 Å². The van der Waals surface area contributed by atoms with Crippen LogP contribution in [0.2, 0.25) is 8.67 Å². The Morgan fingerprint density at radius 3 is 2.83 bits per heavy atom. The van der Waals surface area contributed by atoms with Crippen LogP contribution in [0.5, 0.6) is 0 Å². The smallest absolute Gasteiger partial charge is 0.255 e. The van der Waals surface area contributed by atoms with Gasteiger partial charge in [0.25, 0.3) is 5.89 Å². The van der Waals surface area contributed by atoms with E-state index in [4.69, 9.17) is 32.5 Å². The summed E-state index contributed by atoms with van der Waals surface area (Å²) in [6.45, 7) is 1.86. The van der Waals surface area contributed by atoms with E-state index in [2.05, 4.69) is 14.9 Å². The van der Waals surface area contributed by atoms with E-state index in [0.29, 0.717) is 28.9 Å². The van der Waals surface area contributed by atoms with E-state index in [-0.39, 0.29) is 28.0 Å². The molecule has 3 rings (SSSR count). The molecule has 1 N–H and O–H groups in total. The van der Waals surface area contributed by atoms with Gasteiger partial charge in [-0.2, -0.15) is 4.98 Å². The Balaban J connectivity index is 1.60. The van der Waals surface area contributed by atoms with Crippen molar-refractivity contribution in [3.8, 4) is 0 Å². The number of aryl methyl sites for hydroxylation is 1. The van der Waals surface area contributed by atoms with E-state index >= 15 is 0 Å². The molecule has 0 radical (unpaired) electrons. The number of rotatable bonds is 5. The van der Waals surface area contributed by atoms with Crippen LogP contribution < -0.4 is 4.72 Å². The summed E-state index contributed by atoms with van der Waals surface area (Å²) < 4.78 is 38.2. The van der Waals surface area contributed by atoms with Crippen molar-refractivity contribution in [3.63, 3.8) is 0 Å². The van der Waals surface area contributed by atoms with Crippen LogP contribution in [0.25, 0.3) is 0 Å². The zero-order valence-corrected chi connectivity index (χ0v) is 15.1. The maximum Gasteiger partial charge on any atom is 0.255 e. The van der Waals surface area contributed by atoms with E-state index in [1.165, 1.54) is 6.07 Å². The number of aromatic nitrogens is 2. The van der Waals surface area contributed by atoms with E-state index in [1.54, 1.807) is 6.92 Å². The fourth-order valence-electron chi connectivity index (χ4n) is 2.27. The number of hydrogen-bond donors (Lipinski definition) is 1. The van der Waals surface area contributed by atoms with Gasteiger partial charge in [-0.25, -0.2) is 13.1 Å². The first kappa shape index (κ1) is 17.1. The minimum Gasteiger partial charge on any atom is -0.364 e. The van der Waals surface area contributed by atoms with Gasteiger partial charge in [-0.1, -0.05) is 28.4 Å². The van der Waals surface area contributed by atoms with Gasteiger partial charge in [-0.05, 0) is 25.8 Å². The average Bonchev–Trinajstić information content (AvgIpc) is 3.17. The molecule has 3 heterocycles. The number of thiophene rings is 1. The third-order valence-corrected chi connectivity index (χ3v) is 6.52. The molecule has 7 nitrogen and oxygen atoms in total. The van der Waals surface area contributed by atoms with Crippen molar-refractivity contribution in [1.29, 1.82) is 0 Å². The molecule has 0 aromatic carbocycles. The Morgan fingerprint density at radius 1 is 1.43 bits per heavy atom. The van der Waals surface area contributed by atoms with Crippen molar-refractivity contribution in [1.82, 2.24) is 14.9 Å². The van der Waals surface area contributed by atoms with Gasteiger partial charge in [-0.3, -0.25) is 0 Å². The van der Waals surface area contributed by atoms with Crippen molar-refractivity contribution in [3.05, 3.63) is 26.5 Å². The first-order valence-corrected chi connectivity index (χ1v) is 9.81. The maximum absolute atomic E-state index is 12.2. The van der Waals surface area contributed by atoms with Gasteiger partial charge in [0.2, 0.25) is 10.0 Å². The van der Waals surface area contributed by atoms with E-state index in [1.807, 2.05) is 0 Å². The fourth-order valence-corrected chi connectivity index (χ4v) is 5.48. The molecule has 1 aliphatic rings. The highest BCUT2D eigenvalue weighted by atomic mass is 35.5. The lowest BCUT2D eigenvalue weighted by Gasteiger charge is -2.12. The van der Waals surface area contributed by atoms with E-state index in [9.17, 15) is 8.42 Å². The summed E-state index contributed by atoms with van der Waals surface area (Å²) in [5, 5.41) is 3.72. The highest BCUT2D eigenvalue weighted by molar-refractivity contribution is 7.89. The van der Waals surface area contributed by atoms with Crippen LogP contribution in [-0.4, -0.2) is 31.2 Å². The van der Waals surface area contributed by atoms with Crippen LogP contribution in [0.3, 0.4) is 0 Å². The van der Waals surface area contributed by atoms with Gasteiger partial charge in [0, 0.05) is 6.54 Å². The van der Waals surface area contributed by atoms with Crippen molar-refractivity contribution in [2.24, 2.45) is 0 Å². The van der Waals surface area contributed by atoms with Gasteiger partial charge >= 0.3 is 0 Å².